The van der Waals surface area contributed by atoms with E-state index in [4.69, 9.17) is 19.4 Å². The molecule has 0 bridgehead atoms. The molecule has 1 aromatic heterocycles. The second-order valence-corrected chi connectivity index (χ2v) is 10.2. The summed E-state index contributed by atoms with van der Waals surface area (Å²) in [5.74, 6) is 3.08. The molecule has 2 atom stereocenters. The van der Waals surface area contributed by atoms with Crippen LogP contribution in [-0.2, 0) is 9.53 Å². The first-order chi connectivity index (χ1) is 18.3. The molecule has 0 saturated carbocycles. The van der Waals surface area contributed by atoms with E-state index in [1.54, 1.807) is 26.0 Å². The third-order valence-electron chi connectivity index (χ3n) is 6.89. The molecule has 4 rings (SSSR count). The van der Waals surface area contributed by atoms with Gasteiger partial charge in [-0.25, -0.2) is 9.97 Å². The van der Waals surface area contributed by atoms with E-state index in [9.17, 15) is 9.90 Å². The number of anilines is 2. The van der Waals surface area contributed by atoms with Crippen molar-refractivity contribution in [1.29, 1.82) is 0 Å². The van der Waals surface area contributed by atoms with Crippen LogP contribution in [-0.4, -0.2) is 123 Å². The summed E-state index contributed by atoms with van der Waals surface area (Å²) >= 11 is 0. The molecular weight excluding hydrogens is 486 g/mol. The van der Waals surface area contributed by atoms with Crippen molar-refractivity contribution in [2.24, 2.45) is 0 Å². The zero-order valence-electron chi connectivity index (χ0n) is 22.9. The number of ether oxygens (including phenoxy) is 2. The molecule has 0 aliphatic carbocycles. The van der Waals surface area contributed by atoms with Crippen LogP contribution in [0.3, 0.4) is 0 Å². The predicted molar refractivity (Wildman–Crippen MR) is 148 cm³/mol. The fourth-order valence-corrected chi connectivity index (χ4v) is 4.59. The van der Waals surface area contributed by atoms with Crippen LogP contribution in [0.15, 0.2) is 24.3 Å². The lowest BCUT2D eigenvalue weighted by Gasteiger charge is -2.36. The van der Waals surface area contributed by atoms with Crippen LogP contribution in [0.4, 0.5) is 11.6 Å². The summed E-state index contributed by atoms with van der Waals surface area (Å²) in [4.78, 5) is 28.2. The van der Waals surface area contributed by atoms with Gasteiger partial charge in [-0.2, -0.15) is 0 Å². The lowest BCUT2D eigenvalue weighted by Crippen LogP contribution is -2.49. The van der Waals surface area contributed by atoms with Crippen molar-refractivity contribution in [3.63, 3.8) is 0 Å². The van der Waals surface area contributed by atoms with E-state index >= 15 is 0 Å². The zero-order valence-corrected chi connectivity index (χ0v) is 22.9. The number of likely N-dealkylation sites (N-methyl/N-ethyl adjacent to an activating group) is 2. The number of nitrogens with one attached hydrogen (secondary N) is 2. The minimum Gasteiger partial charge on any atom is -0.491 e. The van der Waals surface area contributed by atoms with Crippen LogP contribution in [0.2, 0.25) is 0 Å². The molecule has 3 N–H and O–H groups in total. The standard InChI is InChI=1S/C27H41N7O4/c1-19-25(29-21-8-13-37-17-21)30-26(20-6-5-7-23(14-20)38-18-22(35)15-28-2)31-27(19)34-11-9-33(10-12-34)16-24(36)32(3)4/h5-7,14,21-22,28,35H,8-13,15-18H2,1-4H3,(H,29,30,31). The molecule has 3 heterocycles. The number of benzene rings is 1. The Morgan fingerprint density at radius 3 is 2.74 bits per heavy atom. The first kappa shape index (κ1) is 28.0. The van der Waals surface area contributed by atoms with Crippen LogP contribution >= 0.6 is 0 Å². The maximum Gasteiger partial charge on any atom is 0.236 e. The molecule has 2 unspecified atom stereocenters. The van der Waals surface area contributed by atoms with Gasteiger partial charge in [0.05, 0.1) is 19.2 Å². The Morgan fingerprint density at radius 1 is 1.26 bits per heavy atom. The van der Waals surface area contributed by atoms with Crippen LogP contribution in [0, 0.1) is 6.92 Å². The molecule has 0 radical (unpaired) electrons. The molecule has 2 fully saturated rings. The summed E-state index contributed by atoms with van der Waals surface area (Å²) in [6.07, 6.45) is 0.340. The quantitative estimate of drug-likeness (QED) is 0.388. The molecule has 2 aliphatic rings. The number of aromatic nitrogens is 2. The Balaban J connectivity index is 1.56. The van der Waals surface area contributed by atoms with E-state index in [-0.39, 0.29) is 18.6 Å². The Bertz CT molecular complexity index is 1070. The first-order valence-corrected chi connectivity index (χ1v) is 13.3. The van der Waals surface area contributed by atoms with Gasteiger partial charge >= 0.3 is 0 Å². The number of piperazine rings is 1. The lowest BCUT2D eigenvalue weighted by atomic mass is 10.1. The number of aliphatic hydroxyl groups excluding tert-OH is 1. The largest absolute Gasteiger partial charge is 0.491 e. The van der Waals surface area contributed by atoms with Gasteiger partial charge in [0.15, 0.2) is 5.82 Å². The average Bonchev–Trinajstić information content (AvgIpc) is 3.43. The van der Waals surface area contributed by atoms with E-state index < -0.39 is 6.10 Å². The highest BCUT2D eigenvalue weighted by Gasteiger charge is 2.25. The number of hydrogen-bond acceptors (Lipinski definition) is 10. The van der Waals surface area contributed by atoms with Crippen molar-refractivity contribution in [2.45, 2.75) is 25.5 Å². The summed E-state index contributed by atoms with van der Waals surface area (Å²) in [5.41, 5.74) is 1.84. The van der Waals surface area contributed by atoms with E-state index in [0.717, 1.165) is 62.0 Å². The fourth-order valence-electron chi connectivity index (χ4n) is 4.59. The highest BCUT2D eigenvalue weighted by atomic mass is 16.5. The molecular formula is C27H41N7O4. The fraction of sp³-hybridized carbons (Fsp3) is 0.593. The molecule has 11 nitrogen and oxygen atoms in total. The van der Waals surface area contributed by atoms with Gasteiger partial charge in [-0.15, -0.1) is 0 Å². The van der Waals surface area contributed by atoms with Gasteiger partial charge in [0, 0.05) is 64.6 Å². The SMILES string of the molecule is CNCC(O)COc1cccc(-c2nc(NC3CCOC3)c(C)c(N3CCN(CC(=O)N(C)C)CC3)n2)c1. The molecule has 2 aliphatic heterocycles. The monoisotopic (exact) mass is 527 g/mol. The van der Waals surface area contributed by atoms with Gasteiger partial charge in [0.2, 0.25) is 5.91 Å². The number of nitrogens with zero attached hydrogens (tertiary/aromatic N) is 5. The number of aliphatic hydroxyl groups is 1. The summed E-state index contributed by atoms with van der Waals surface area (Å²) < 4.78 is 11.4. The van der Waals surface area contributed by atoms with Crippen molar-refractivity contribution in [3.8, 4) is 17.1 Å². The number of carbonyl (C=O) groups is 1. The van der Waals surface area contributed by atoms with E-state index in [1.807, 2.05) is 24.3 Å². The Kier molecular flexibility index (Phi) is 9.73. The van der Waals surface area contributed by atoms with E-state index in [1.165, 1.54) is 0 Å². The molecule has 2 saturated heterocycles. The minimum atomic E-state index is -0.595. The molecule has 208 valence electrons. The third-order valence-corrected chi connectivity index (χ3v) is 6.89. The number of amides is 1. The zero-order chi connectivity index (χ0) is 27.1. The minimum absolute atomic E-state index is 0.116. The van der Waals surface area contributed by atoms with Crippen LogP contribution in [0.1, 0.15) is 12.0 Å². The third kappa shape index (κ3) is 7.31. The van der Waals surface area contributed by atoms with Gasteiger partial charge in [-0.05, 0) is 32.5 Å². The van der Waals surface area contributed by atoms with Gasteiger partial charge in [0.1, 0.15) is 30.1 Å². The lowest BCUT2D eigenvalue weighted by molar-refractivity contribution is -0.129. The van der Waals surface area contributed by atoms with E-state index in [0.29, 0.717) is 31.3 Å². The van der Waals surface area contributed by atoms with E-state index in [2.05, 4.69) is 27.4 Å². The normalized spacial score (nSPS) is 18.9. The van der Waals surface area contributed by atoms with Crippen molar-refractivity contribution in [1.82, 2.24) is 25.1 Å². The summed E-state index contributed by atoms with van der Waals surface area (Å²) in [7, 11) is 5.38. The summed E-state index contributed by atoms with van der Waals surface area (Å²) in [5, 5.41) is 16.5. The maximum atomic E-state index is 12.2. The maximum absolute atomic E-state index is 12.2. The highest BCUT2D eigenvalue weighted by Crippen LogP contribution is 2.31. The van der Waals surface area contributed by atoms with Crippen molar-refractivity contribution >= 4 is 17.5 Å². The molecule has 1 amide bonds. The Labute approximate surface area is 225 Å². The first-order valence-electron chi connectivity index (χ1n) is 13.3. The summed E-state index contributed by atoms with van der Waals surface area (Å²) in [6, 6.07) is 7.87. The Morgan fingerprint density at radius 2 is 2.05 bits per heavy atom. The smallest absolute Gasteiger partial charge is 0.236 e. The highest BCUT2D eigenvalue weighted by molar-refractivity contribution is 5.77. The second kappa shape index (κ2) is 13.2. The van der Waals surface area contributed by atoms with Crippen molar-refractivity contribution < 1.29 is 19.4 Å². The van der Waals surface area contributed by atoms with Crippen molar-refractivity contribution in [2.75, 3.05) is 90.4 Å². The molecule has 11 heteroatoms. The predicted octanol–water partition coefficient (Wildman–Crippen LogP) is 0.822. The van der Waals surface area contributed by atoms with Crippen molar-refractivity contribution in [3.05, 3.63) is 29.8 Å². The number of carbonyl (C=O) groups excluding carboxylic acids is 1. The molecule has 1 aromatic carbocycles. The Hall–Kier alpha value is -2.99. The molecule has 38 heavy (non-hydrogen) atoms. The number of rotatable bonds is 11. The van der Waals surface area contributed by atoms with Gasteiger partial charge in [0.25, 0.3) is 0 Å². The molecule has 2 aromatic rings. The van der Waals surface area contributed by atoms with Crippen LogP contribution in [0.25, 0.3) is 11.4 Å². The van der Waals surface area contributed by atoms with Gasteiger partial charge < -0.3 is 35.0 Å². The van der Waals surface area contributed by atoms with Gasteiger partial charge in [-0.1, -0.05) is 12.1 Å². The average molecular weight is 528 g/mol. The second-order valence-electron chi connectivity index (χ2n) is 10.2. The van der Waals surface area contributed by atoms with Crippen LogP contribution < -0.4 is 20.3 Å². The number of hydrogen-bond donors (Lipinski definition) is 3. The topological polar surface area (TPSA) is 115 Å². The van der Waals surface area contributed by atoms with Gasteiger partial charge in [-0.3, -0.25) is 9.69 Å². The summed E-state index contributed by atoms with van der Waals surface area (Å²) in [6.45, 7) is 7.67. The molecule has 0 spiro atoms. The van der Waals surface area contributed by atoms with Crippen LogP contribution in [0.5, 0.6) is 5.75 Å².